The molecule has 2 aliphatic heterocycles. The fourth-order valence-corrected chi connectivity index (χ4v) is 1.88. The largest absolute Gasteiger partial charge is 1.00 e. The van der Waals surface area contributed by atoms with E-state index in [-0.39, 0.29) is 71.9 Å². The molecule has 10 nitrogen and oxygen atoms in total. The summed E-state index contributed by atoms with van der Waals surface area (Å²) in [5.41, 5.74) is 0.896. The molecule has 12 heteroatoms. The van der Waals surface area contributed by atoms with E-state index in [1.54, 1.807) is 6.92 Å². The summed E-state index contributed by atoms with van der Waals surface area (Å²) in [5, 5.41) is 20.7. The predicted molar refractivity (Wildman–Crippen MR) is 99.5 cm³/mol. The Labute approximate surface area is 194 Å². The van der Waals surface area contributed by atoms with Crippen LogP contribution in [0, 0.1) is 0 Å². The molecule has 2 fully saturated rings. The maximum atomic E-state index is 11.4. The van der Waals surface area contributed by atoms with E-state index in [2.05, 4.69) is 20.1 Å². The monoisotopic (exact) mass is 419 g/mol. The Morgan fingerprint density at radius 3 is 2.10 bits per heavy atom. The Kier molecular flexibility index (Phi) is 17.4. The van der Waals surface area contributed by atoms with Gasteiger partial charge in [0.25, 0.3) is 0 Å². The number of esters is 1. The minimum absolute atomic E-state index is 0. The van der Waals surface area contributed by atoms with Crippen LogP contribution in [0.1, 0.15) is 13.9 Å². The van der Waals surface area contributed by atoms with Gasteiger partial charge in [0.1, 0.15) is 12.7 Å². The van der Waals surface area contributed by atoms with Gasteiger partial charge >= 0.3 is 47.7 Å². The van der Waals surface area contributed by atoms with Crippen molar-refractivity contribution in [1.29, 1.82) is 0 Å². The number of rotatable bonds is 4. The van der Waals surface area contributed by atoms with Gasteiger partial charge in [0.05, 0.1) is 19.7 Å². The van der Waals surface area contributed by atoms with Gasteiger partial charge in [-0.25, -0.2) is 14.4 Å². The standard InChI is InChI=1S/C11H11NO4.C4H7NO3.C2H6O.B.Na.H/c13-10(9-6-12-11(14)16-9)15-7-8-4-2-1-3-5-8;6-2-3-1-5-4(7)8-3;1-2-3;;;/h1-5,9H,6-7H2,(H,12,14);3,6H,1-2H2,(H,5,7);3H,2H2,1H3;;;/q;;;;+1;-1/t9-;3-;;;;/m11..../s1. The molecule has 4 N–H and O–H groups in total. The van der Waals surface area contributed by atoms with Crippen LogP contribution in [0.3, 0.4) is 0 Å². The summed E-state index contributed by atoms with van der Waals surface area (Å²) >= 11 is 0. The van der Waals surface area contributed by atoms with Crippen LogP contribution >= 0.6 is 0 Å². The molecule has 29 heavy (non-hydrogen) atoms. The third-order valence-electron chi connectivity index (χ3n) is 3.12. The van der Waals surface area contributed by atoms with E-state index in [9.17, 15) is 14.4 Å². The normalized spacial score (nSPS) is 18.4. The van der Waals surface area contributed by atoms with Gasteiger partial charge in [0.2, 0.25) is 6.10 Å². The van der Waals surface area contributed by atoms with Gasteiger partial charge in [0.15, 0.2) is 0 Å². The van der Waals surface area contributed by atoms with E-state index >= 15 is 0 Å². The van der Waals surface area contributed by atoms with Crippen molar-refractivity contribution < 1.29 is 69.8 Å². The van der Waals surface area contributed by atoms with E-state index < -0.39 is 24.3 Å². The first-order valence-electron chi connectivity index (χ1n) is 8.31. The molecule has 3 rings (SSSR count). The van der Waals surface area contributed by atoms with Crippen LogP contribution in [0.5, 0.6) is 0 Å². The van der Waals surface area contributed by atoms with Crippen molar-refractivity contribution in [3.05, 3.63) is 35.9 Å². The molecule has 0 bridgehead atoms. The number of nitrogens with one attached hydrogen (secondary N) is 2. The number of carbonyl (C=O) groups excluding carboxylic acids is 3. The van der Waals surface area contributed by atoms with Crippen molar-refractivity contribution in [2.24, 2.45) is 0 Å². The van der Waals surface area contributed by atoms with E-state index in [4.69, 9.17) is 14.9 Å². The topological polar surface area (TPSA) is 143 Å². The van der Waals surface area contributed by atoms with Gasteiger partial charge in [-0.2, -0.15) is 0 Å². The maximum absolute atomic E-state index is 11.4. The van der Waals surface area contributed by atoms with Crippen molar-refractivity contribution in [3.63, 3.8) is 0 Å². The van der Waals surface area contributed by atoms with Gasteiger partial charge in [-0.15, -0.1) is 0 Å². The first kappa shape index (κ1) is 29.4. The molecule has 0 spiro atoms. The zero-order valence-corrected chi connectivity index (χ0v) is 18.5. The van der Waals surface area contributed by atoms with Crippen molar-refractivity contribution in [2.45, 2.75) is 25.7 Å². The van der Waals surface area contributed by atoms with Crippen molar-refractivity contribution in [2.75, 3.05) is 26.3 Å². The van der Waals surface area contributed by atoms with E-state index in [1.165, 1.54) is 0 Å². The number of hydrogen-bond donors (Lipinski definition) is 4. The maximum Gasteiger partial charge on any atom is 1.00 e. The molecule has 2 heterocycles. The number of aliphatic hydroxyl groups excluding tert-OH is 2. The molecule has 2 atom stereocenters. The van der Waals surface area contributed by atoms with Crippen LogP contribution in [0.15, 0.2) is 30.3 Å². The Balaban J connectivity index is -0.000000446. The summed E-state index contributed by atoms with van der Waals surface area (Å²) in [7, 11) is 0. The first-order chi connectivity index (χ1) is 13.0. The van der Waals surface area contributed by atoms with Gasteiger partial charge in [-0.3, -0.25) is 0 Å². The van der Waals surface area contributed by atoms with Crippen LogP contribution in [-0.4, -0.2) is 75.3 Å². The fourth-order valence-electron chi connectivity index (χ4n) is 1.88. The smallest absolute Gasteiger partial charge is 1.00 e. The number of ether oxygens (including phenoxy) is 3. The number of alkyl carbamates (subject to hydrolysis) is 2. The van der Waals surface area contributed by atoms with Gasteiger partial charge < -0.3 is 36.5 Å². The summed E-state index contributed by atoms with van der Waals surface area (Å²) in [4.78, 5) is 32.3. The molecule has 3 radical (unpaired) electrons. The number of hydrogen-bond acceptors (Lipinski definition) is 8. The molecule has 2 aliphatic rings. The number of amides is 2. The molecule has 155 valence electrons. The second-order valence-corrected chi connectivity index (χ2v) is 5.28. The fraction of sp³-hybridized carbons (Fsp3) is 0.471. The molecule has 0 aliphatic carbocycles. The second-order valence-electron chi connectivity index (χ2n) is 5.28. The summed E-state index contributed by atoms with van der Waals surface area (Å²) in [5.74, 6) is -0.526. The Hall–Kier alpha value is -1.79. The van der Waals surface area contributed by atoms with Gasteiger partial charge in [0, 0.05) is 15.0 Å². The molecule has 2 amide bonds. The molecule has 1 aromatic rings. The predicted octanol–water partition coefficient (Wildman–Crippen LogP) is -3.34. The second kappa shape index (κ2) is 17.1. The van der Waals surface area contributed by atoms with Crippen LogP contribution < -0.4 is 40.2 Å². The average Bonchev–Trinajstić information content (AvgIpc) is 3.30. The average molecular weight is 419 g/mol. The van der Waals surface area contributed by atoms with E-state index in [0.717, 1.165) is 5.56 Å². The molecular formula is C17H25BN2NaO8. The van der Waals surface area contributed by atoms with Gasteiger partial charge in [-0.1, -0.05) is 30.3 Å². The van der Waals surface area contributed by atoms with Crippen molar-refractivity contribution in [1.82, 2.24) is 10.6 Å². The Morgan fingerprint density at radius 2 is 1.69 bits per heavy atom. The molecule has 0 unspecified atom stereocenters. The molecule has 1 aromatic carbocycles. The molecule has 0 saturated carbocycles. The SMILES string of the molecule is CCO.O=C1NC[C@H](C(=O)OCc2ccccc2)O1.O=C1NC[C@H](CO)O1.[B].[H-].[Na+]. The minimum Gasteiger partial charge on any atom is -1.00 e. The summed E-state index contributed by atoms with van der Waals surface area (Å²) in [6.07, 6.45) is -2.18. The summed E-state index contributed by atoms with van der Waals surface area (Å²) in [6, 6.07) is 9.31. The van der Waals surface area contributed by atoms with Crippen molar-refractivity contribution >= 4 is 26.6 Å². The molecular weight excluding hydrogens is 394 g/mol. The van der Waals surface area contributed by atoms with Crippen LogP contribution in [-0.2, 0) is 25.6 Å². The van der Waals surface area contributed by atoms with Crippen LogP contribution in [0.2, 0.25) is 0 Å². The third-order valence-corrected chi connectivity index (χ3v) is 3.12. The Morgan fingerprint density at radius 1 is 1.14 bits per heavy atom. The zero-order chi connectivity index (χ0) is 20.1. The van der Waals surface area contributed by atoms with Crippen LogP contribution in [0.4, 0.5) is 9.59 Å². The van der Waals surface area contributed by atoms with E-state index in [0.29, 0.717) is 6.54 Å². The van der Waals surface area contributed by atoms with Gasteiger partial charge in [-0.05, 0) is 12.5 Å². The molecule has 0 aromatic heterocycles. The third kappa shape index (κ3) is 12.4. The van der Waals surface area contributed by atoms with E-state index in [1.807, 2.05) is 30.3 Å². The minimum atomic E-state index is -0.823. The number of cyclic esters (lactones) is 2. The van der Waals surface area contributed by atoms with Crippen molar-refractivity contribution in [3.8, 4) is 0 Å². The first-order valence-corrected chi connectivity index (χ1v) is 8.31. The molecule has 2 saturated heterocycles. The quantitative estimate of drug-likeness (QED) is 0.225. The van der Waals surface area contributed by atoms with Crippen LogP contribution in [0.25, 0.3) is 0 Å². The zero-order valence-electron chi connectivity index (χ0n) is 17.5. The summed E-state index contributed by atoms with van der Waals surface area (Å²) < 4.78 is 14.2. The number of carbonyl (C=O) groups is 3. The number of benzene rings is 1. The number of aliphatic hydroxyl groups is 2. The Bertz CT molecular complexity index is 615. The summed E-state index contributed by atoms with van der Waals surface area (Å²) in [6.45, 7) is 2.62.